The third-order valence-electron chi connectivity index (χ3n) is 4.64. The van der Waals surface area contributed by atoms with Gasteiger partial charge in [0.05, 0.1) is 10.5 Å². The standard InChI is InChI=1S/C22H21N3O5/c1-14-7-10-18(12-20(14)25(28)29)23-21(26)13-30-22(27)17-5-4-6-19(11-17)24-15(2)8-9-16(24)3/h4-12H,13H2,1-3H3,(H,23,26). The number of nitrogens with one attached hydrogen (secondary N) is 1. The number of nitro groups is 1. The van der Waals surface area contributed by atoms with E-state index < -0.39 is 23.4 Å². The highest BCUT2D eigenvalue weighted by Crippen LogP contribution is 2.22. The molecule has 8 heteroatoms. The van der Waals surface area contributed by atoms with Crippen LogP contribution in [0.3, 0.4) is 0 Å². The quantitative estimate of drug-likeness (QED) is 0.376. The zero-order chi connectivity index (χ0) is 21.8. The third-order valence-corrected chi connectivity index (χ3v) is 4.64. The van der Waals surface area contributed by atoms with Crippen LogP contribution < -0.4 is 5.32 Å². The van der Waals surface area contributed by atoms with Crippen molar-refractivity contribution in [2.45, 2.75) is 20.8 Å². The SMILES string of the molecule is Cc1ccc(NC(=O)COC(=O)c2cccc(-n3c(C)ccc3C)c2)cc1[N+](=O)[O-]. The molecule has 3 rings (SSSR count). The van der Waals surface area contributed by atoms with Crippen LogP contribution >= 0.6 is 0 Å². The molecule has 0 aliphatic rings. The van der Waals surface area contributed by atoms with E-state index in [0.717, 1.165) is 17.1 Å². The minimum atomic E-state index is -0.635. The van der Waals surface area contributed by atoms with Gasteiger partial charge in [0.2, 0.25) is 0 Å². The summed E-state index contributed by atoms with van der Waals surface area (Å²) in [5, 5.41) is 13.5. The molecule has 0 atom stereocenters. The van der Waals surface area contributed by atoms with Crippen molar-refractivity contribution in [2.24, 2.45) is 0 Å². The minimum absolute atomic E-state index is 0.0998. The van der Waals surface area contributed by atoms with E-state index in [1.165, 1.54) is 12.1 Å². The molecule has 0 aliphatic carbocycles. The second-order valence-corrected chi connectivity index (χ2v) is 6.88. The van der Waals surface area contributed by atoms with E-state index >= 15 is 0 Å². The Morgan fingerprint density at radius 1 is 1.03 bits per heavy atom. The predicted octanol–water partition coefficient (Wildman–Crippen LogP) is 4.11. The number of aromatic nitrogens is 1. The van der Waals surface area contributed by atoms with E-state index in [4.69, 9.17) is 4.74 Å². The number of nitrogens with zero attached hydrogens (tertiary/aromatic N) is 2. The first kappa shape index (κ1) is 20.8. The molecule has 30 heavy (non-hydrogen) atoms. The second-order valence-electron chi connectivity index (χ2n) is 6.88. The number of aryl methyl sites for hydroxylation is 3. The lowest BCUT2D eigenvalue weighted by molar-refractivity contribution is -0.385. The summed E-state index contributed by atoms with van der Waals surface area (Å²) in [4.78, 5) is 35.0. The molecule has 3 aromatic rings. The lowest BCUT2D eigenvalue weighted by Gasteiger charge is -2.11. The highest BCUT2D eigenvalue weighted by molar-refractivity contribution is 5.96. The lowest BCUT2D eigenvalue weighted by Crippen LogP contribution is -2.21. The molecule has 0 fully saturated rings. The van der Waals surface area contributed by atoms with Crippen LogP contribution in [0.4, 0.5) is 11.4 Å². The van der Waals surface area contributed by atoms with Gasteiger partial charge in [-0.25, -0.2) is 4.79 Å². The Balaban J connectivity index is 1.65. The number of ether oxygens (including phenoxy) is 1. The van der Waals surface area contributed by atoms with Gasteiger partial charge in [-0.3, -0.25) is 14.9 Å². The molecule has 1 N–H and O–H groups in total. The Labute approximate surface area is 173 Å². The van der Waals surface area contributed by atoms with Gasteiger partial charge in [0.25, 0.3) is 11.6 Å². The van der Waals surface area contributed by atoms with E-state index in [1.54, 1.807) is 31.2 Å². The van der Waals surface area contributed by atoms with Crippen molar-refractivity contribution >= 4 is 23.3 Å². The number of benzene rings is 2. The van der Waals surface area contributed by atoms with E-state index in [2.05, 4.69) is 5.32 Å². The van der Waals surface area contributed by atoms with Crippen molar-refractivity contribution in [3.8, 4) is 5.69 Å². The van der Waals surface area contributed by atoms with Gasteiger partial charge in [-0.1, -0.05) is 12.1 Å². The zero-order valence-corrected chi connectivity index (χ0v) is 16.8. The molecule has 1 heterocycles. The Morgan fingerprint density at radius 2 is 1.73 bits per heavy atom. The molecule has 0 saturated heterocycles. The number of anilines is 1. The predicted molar refractivity (Wildman–Crippen MR) is 112 cm³/mol. The zero-order valence-electron chi connectivity index (χ0n) is 16.8. The first-order valence-electron chi connectivity index (χ1n) is 9.23. The van der Waals surface area contributed by atoms with Gasteiger partial charge >= 0.3 is 5.97 Å². The van der Waals surface area contributed by atoms with Crippen molar-refractivity contribution < 1.29 is 19.2 Å². The number of rotatable bonds is 6. The molecule has 8 nitrogen and oxygen atoms in total. The highest BCUT2D eigenvalue weighted by atomic mass is 16.6. The van der Waals surface area contributed by atoms with Crippen LogP contribution in [0.25, 0.3) is 5.69 Å². The minimum Gasteiger partial charge on any atom is -0.452 e. The monoisotopic (exact) mass is 407 g/mol. The molecule has 2 aromatic carbocycles. The van der Waals surface area contributed by atoms with Gasteiger partial charge in [-0.2, -0.15) is 0 Å². The number of carbonyl (C=O) groups excluding carboxylic acids is 2. The second kappa shape index (κ2) is 8.60. The molecule has 1 aromatic heterocycles. The summed E-state index contributed by atoms with van der Waals surface area (Å²) in [6, 6.07) is 15.3. The summed E-state index contributed by atoms with van der Waals surface area (Å²) in [6.45, 7) is 5.04. The third kappa shape index (κ3) is 4.54. The van der Waals surface area contributed by atoms with Crippen LogP contribution in [0.15, 0.2) is 54.6 Å². The number of esters is 1. The molecule has 0 bridgehead atoms. The van der Waals surface area contributed by atoms with Crippen molar-refractivity contribution in [3.63, 3.8) is 0 Å². The maximum absolute atomic E-state index is 12.4. The van der Waals surface area contributed by atoms with Crippen LogP contribution in [-0.2, 0) is 9.53 Å². The number of hydrogen-bond acceptors (Lipinski definition) is 5. The Hall–Kier alpha value is -3.94. The van der Waals surface area contributed by atoms with Gasteiger partial charge in [0.1, 0.15) is 0 Å². The molecule has 0 saturated carbocycles. The molecule has 1 amide bonds. The normalized spacial score (nSPS) is 10.5. The summed E-state index contributed by atoms with van der Waals surface area (Å²) in [7, 11) is 0. The Bertz CT molecular complexity index is 1110. The summed E-state index contributed by atoms with van der Waals surface area (Å²) in [5.41, 5.74) is 3.84. The maximum atomic E-state index is 12.4. The first-order chi connectivity index (χ1) is 14.3. The Morgan fingerprint density at radius 3 is 2.40 bits per heavy atom. The molecule has 0 unspecified atom stereocenters. The van der Waals surface area contributed by atoms with Gasteiger partial charge in [-0.15, -0.1) is 0 Å². The van der Waals surface area contributed by atoms with Crippen LogP contribution in [0, 0.1) is 30.9 Å². The van der Waals surface area contributed by atoms with Crippen LogP contribution in [0.2, 0.25) is 0 Å². The van der Waals surface area contributed by atoms with Crippen molar-refractivity contribution in [1.29, 1.82) is 0 Å². The van der Waals surface area contributed by atoms with Gasteiger partial charge < -0.3 is 14.6 Å². The molecule has 154 valence electrons. The average molecular weight is 407 g/mol. The van der Waals surface area contributed by atoms with E-state index in [-0.39, 0.29) is 11.4 Å². The average Bonchev–Trinajstić information content (AvgIpc) is 3.05. The maximum Gasteiger partial charge on any atom is 0.338 e. The number of hydrogen-bond donors (Lipinski definition) is 1. The Kier molecular flexibility index (Phi) is 5.96. The topological polar surface area (TPSA) is 103 Å². The number of amides is 1. The smallest absolute Gasteiger partial charge is 0.338 e. The van der Waals surface area contributed by atoms with Crippen molar-refractivity contribution in [1.82, 2.24) is 4.57 Å². The lowest BCUT2D eigenvalue weighted by atomic mass is 10.2. The highest BCUT2D eigenvalue weighted by Gasteiger charge is 2.15. The van der Waals surface area contributed by atoms with Crippen LogP contribution in [-0.4, -0.2) is 28.0 Å². The van der Waals surface area contributed by atoms with Crippen molar-refractivity contribution in [3.05, 3.63) is 87.2 Å². The first-order valence-corrected chi connectivity index (χ1v) is 9.23. The molecular weight excluding hydrogens is 386 g/mol. The molecule has 0 spiro atoms. The van der Waals surface area contributed by atoms with Gasteiger partial charge in [-0.05, 0) is 57.2 Å². The van der Waals surface area contributed by atoms with Gasteiger partial charge in [0, 0.05) is 34.4 Å². The molecular formula is C22H21N3O5. The largest absolute Gasteiger partial charge is 0.452 e. The van der Waals surface area contributed by atoms with Crippen LogP contribution in [0.1, 0.15) is 27.3 Å². The fraction of sp³-hybridized carbons (Fsp3) is 0.182. The molecule has 0 aliphatic heterocycles. The number of nitro benzene ring substituents is 1. The fourth-order valence-electron chi connectivity index (χ4n) is 3.14. The summed E-state index contributed by atoms with van der Waals surface area (Å²) in [6.07, 6.45) is 0. The van der Waals surface area contributed by atoms with Gasteiger partial charge in [0.15, 0.2) is 6.61 Å². The summed E-state index contributed by atoms with van der Waals surface area (Å²) in [5.74, 6) is -1.22. The van der Waals surface area contributed by atoms with Crippen LogP contribution in [0.5, 0.6) is 0 Å². The van der Waals surface area contributed by atoms with E-state index in [9.17, 15) is 19.7 Å². The fourth-order valence-corrected chi connectivity index (χ4v) is 3.14. The summed E-state index contributed by atoms with van der Waals surface area (Å²) >= 11 is 0. The summed E-state index contributed by atoms with van der Waals surface area (Å²) < 4.78 is 7.11. The van der Waals surface area contributed by atoms with E-state index in [1.807, 2.05) is 36.6 Å². The number of carbonyl (C=O) groups is 2. The van der Waals surface area contributed by atoms with Crippen molar-refractivity contribution in [2.75, 3.05) is 11.9 Å². The van der Waals surface area contributed by atoms with E-state index in [0.29, 0.717) is 11.1 Å². The molecule has 0 radical (unpaired) electrons.